The summed E-state index contributed by atoms with van der Waals surface area (Å²) in [4.78, 5) is 2.06. The molecular weight excluding hydrogens is 415 g/mol. The summed E-state index contributed by atoms with van der Waals surface area (Å²) in [6.07, 6.45) is -4.22. The number of ether oxygens (including phenoxy) is 1. The number of alkyl halides is 3. The molecule has 1 aromatic heterocycles. The highest BCUT2D eigenvalue weighted by Crippen LogP contribution is 2.59. The molecule has 2 unspecified atom stereocenters. The van der Waals surface area contributed by atoms with Crippen molar-refractivity contribution in [3.05, 3.63) is 40.5 Å². The summed E-state index contributed by atoms with van der Waals surface area (Å²) >= 11 is 0. The van der Waals surface area contributed by atoms with E-state index >= 15 is 0 Å². The third kappa shape index (κ3) is 3.15. The molecule has 1 aromatic carbocycles. The molecule has 166 valence electrons. The lowest BCUT2D eigenvalue weighted by atomic mass is 9.94. The largest absolute Gasteiger partial charge is 0.494 e. The highest BCUT2D eigenvalue weighted by molar-refractivity contribution is 5.61. The van der Waals surface area contributed by atoms with E-state index in [-0.39, 0.29) is 12.3 Å². The van der Waals surface area contributed by atoms with Gasteiger partial charge < -0.3 is 20.1 Å². The first-order valence-corrected chi connectivity index (χ1v) is 9.78. The lowest BCUT2D eigenvalue weighted by molar-refractivity contribution is -0.186. The molecule has 4 rings (SSSR count). The van der Waals surface area contributed by atoms with Crippen molar-refractivity contribution in [2.45, 2.75) is 37.6 Å². The normalized spacial score (nSPS) is 25.5. The number of aliphatic hydroxyl groups excluding tert-OH is 1. The van der Waals surface area contributed by atoms with E-state index in [0.717, 1.165) is 16.7 Å². The van der Waals surface area contributed by atoms with E-state index < -0.39 is 40.3 Å². The van der Waals surface area contributed by atoms with Crippen LogP contribution in [0.5, 0.6) is 11.8 Å². The first kappa shape index (κ1) is 21.5. The quantitative estimate of drug-likeness (QED) is 0.680. The van der Waals surface area contributed by atoms with Crippen molar-refractivity contribution in [2.24, 2.45) is 0 Å². The van der Waals surface area contributed by atoms with Crippen LogP contribution >= 0.6 is 0 Å². The zero-order valence-corrected chi connectivity index (χ0v) is 17.0. The second-order valence-electron chi connectivity index (χ2n) is 8.42. The summed E-state index contributed by atoms with van der Waals surface area (Å²) in [6.45, 7) is 4.90. The molecule has 31 heavy (non-hydrogen) atoms. The molecule has 0 spiro atoms. The average Bonchev–Trinajstić information content (AvgIpc) is 3.05. The van der Waals surface area contributed by atoms with Gasteiger partial charge in [-0.3, -0.25) is 9.47 Å². The van der Waals surface area contributed by atoms with Crippen LogP contribution in [0.2, 0.25) is 0 Å². The maximum Gasteiger partial charge on any atom is 0.417 e. The van der Waals surface area contributed by atoms with Crippen molar-refractivity contribution < 1.29 is 33.2 Å². The number of benzene rings is 1. The Morgan fingerprint density at radius 3 is 2.19 bits per heavy atom. The molecule has 3 N–H and O–H groups in total. The number of aliphatic hydroxyl groups is 1. The minimum atomic E-state index is -4.77. The summed E-state index contributed by atoms with van der Waals surface area (Å²) in [6, 6.07) is 4.52. The molecule has 10 heteroatoms. The third-order valence-electron chi connectivity index (χ3n) is 6.00. The van der Waals surface area contributed by atoms with Crippen molar-refractivity contribution >= 4 is 0 Å². The Kier molecular flexibility index (Phi) is 4.77. The number of hydrogen-bond donors (Lipinski definition) is 3. The van der Waals surface area contributed by atoms with Gasteiger partial charge in [0.1, 0.15) is 11.2 Å². The molecule has 2 bridgehead atoms. The monoisotopic (exact) mass is 437 g/mol. The summed E-state index contributed by atoms with van der Waals surface area (Å²) in [5.41, 5.74) is -3.14. The minimum absolute atomic E-state index is 0.0285. The Morgan fingerprint density at radius 1 is 1.13 bits per heavy atom. The molecule has 0 radical (unpaired) electrons. The van der Waals surface area contributed by atoms with Crippen molar-refractivity contribution in [2.75, 3.05) is 26.2 Å². The van der Waals surface area contributed by atoms with E-state index in [9.17, 15) is 23.4 Å². The van der Waals surface area contributed by atoms with Gasteiger partial charge in [0.25, 0.3) is 0 Å². The maximum absolute atomic E-state index is 13.4. The number of aromatic hydroxyl groups is 2. The van der Waals surface area contributed by atoms with Crippen LogP contribution in [0.3, 0.4) is 0 Å². The summed E-state index contributed by atoms with van der Waals surface area (Å²) in [5, 5.41) is 40.2. The van der Waals surface area contributed by atoms with Gasteiger partial charge in [-0.1, -0.05) is 0 Å². The van der Waals surface area contributed by atoms with E-state index in [1.54, 1.807) is 13.8 Å². The van der Waals surface area contributed by atoms with Crippen LogP contribution in [-0.4, -0.2) is 51.0 Å². The number of halogens is 3. The molecule has 2 aromatic rings. The number of nitriles is 1. The molecule has 7 nitrogen and oxygen atoms in total. The number of hydrogen-bond acceptors (Lipinski definition) is 6. The van der Waals surface area contributed by atoms with Crippen LogP contribution in [0, 0.1) is 11.3 Å². The summed E-state index contributed by atoms with van der Waals surface area (Å²) < 4.78 is 47.4. The standard InChI is InChI=1S/C21H22F3N3O4/c1-19-10-26(6-3-7-28)11-20(2,31-19)16-15(19)17(29)27(18(16)30)13-5-4-12(9-25)14(8-13)21(22,23)24/h4-5,8,28-30H,3,6-7,10-11H2,1-2H3. The molecule has 0 aliphatic carbocycles. The van der Waals surface area contributed by atoms with Gasteiger partial charge in [0.2, 0.25) is 11.8 Å². The van der Waals surface area contributed by atoms with Gasteiger partial charge in [-0.2, -0.15) is 18.4 Å². The Labute approximate surface area is 176 Å². The van der Waals surface area contributed by atoms with Crippen molar-refractivity contribution in [1.29, 1.82) is 5.26 Å². The second kappa shape index (κ2) is 6.88. The molecule has 1 fully saturated rings. The molecule has 0 saturated carbocycles. The molecule has 2 aliphatic rings. The van der Waals surface area contributed by atoms with E-state index in [4.69, 9.17) is 15.1 Å². The van der Waals surface area contributed by atoms with Gasteiger partial charge in [0, 0.05) is 26.2 Å². The topological polar surface area (TPSA) is 102 Å². The third-order valence-corrected chi connectivity index (χ3v) is 6.00. The van der Waals surface area contributed by atoms with Gasteiger partial charge >= 0.3 is 6.18 Å². The predicted molar refractivity (Wildman–Crippen MR) is 103 cm³/mol. The fourth-order valence-corrected chi connectivity index (χ4v) is 4.98. The lowest BCUT2D eigenvalue weighted by Gasteiger charge is -2.43. The lowest BCUT2D eigenvalue weighted by Crippen LogP contribution is -2.51. The highest BCUT2D eigenvalue weighted by Gasteiger charge is 2.58. The molecule has 0 amide bonds. The van der Waals surface area contributed by atoms with Gasteiger partial charge in [0.05, 0.1) is 34.0 Å². The number of fused-ring (bicyclic) bond motifs is 5. The van der Waals surface area contributed by atoms with Crippen LogP contribution in [0.25, 0.3) is 5.69 Å². The zero-order chi connectivity index (χ0) is 22.8. The SMILES string of the molecule is CC12CN(CCCO)CC(C)(O1)c1c2c(O)n(-c2ccc(C#N)c(C(F)(F)F)c2)c1O. The van der Waals surface area contributed by atoms with Gasteiger partial charge in [-0.05, 0) is 38.5 Å². The molecule has 1 saturated heterocycles. The Morgan fingerprint density at radius 2 is 1.71 bits per heavy atom. The van der Waals surface area contributed by atoms with Crippen LogP contribution < -0.4 is 0 Å². The number of nitrogens with zero attached hydrogens (tertiary/aromatic N) is 3. The molecule has 2 atom stereocenters. The second-order valence-corrected chi connectivity index (χ2v) is 8.42. The van der Waals surface area contributed by atoms with Crippen molar-refractivity contribution in [1.82, 2.24) is 9.47 Å². The number of rotatable bonds is 4. The smallest absolute Gasteiger partial charge is 0.417 e. The Balaban J connectivity index is 1.86. The summed E-state index contributed by atoms with van der Waals surface area (Å²) in [7, 11) is 0. The number of aromatic nitrogens is 1. The van der Waals surface area contributed by atoms with Gasteiger partial charge in [-0.25, -0.2) is 0 Å². The van der Waals surface area contributed by atoms with E-state index in [0.29, 0.717) is 37.2 Å². The minimum Gasteiger partial charge on any atom is -0.494 e. The zero-order valence-electron chi connectivity index (χ0n) is 17.0. The van der Waals surface area contributed by atoms with Gasteiger partial charge in [0.15, 0.2) is 0 Å². The summed E-state index contributed by atoms with van der Waals surface area (Å²) in [5.74, 6) is -0.805. The van der Waals surface area contributed by atoms with E-state index in [1.165, 1.54) is 12.1 Å². The predicted octanol–water partition coefficient (Wildman–Crippen LogP) is 2.94. The first-order valence-electron chi connectivity index (χ1n) is 9.78. The van der Waals surface area contributed by atoms with Crippen molar-refractivity contribution in [3.8, 4) is 23.5 Å². The van der Waals surface area contributed by atoms with Crippen LogP contribution in [0.15, 0.2) is 18.2 Å². The average molecular weight is 437 g/mol. The Bertz CT molecular complexity index is 1050. The van der Waals surface area contributed by atoms with Crippen LogP contribution in [0.1, 0.15) is 42.5 Å². The first-order chi connectivity index (χ1) is 14.4. The molecular formula is C21H22F3N3O4. The molecule has 3 heterocycles. The van der Waals surface area contributed by atoms with E-state index in [1.807, 2.05) is 0 Å². The van der Waals surface area contributed by atoms with Gasteiger partial charge in [-0.15, -0.1) is 0 Å². The fraction of sp³-hybridized carbons (Fsp3) is 0.476. The number of morpholine rings is 1. The highest BCUT2D eigenvalue weighted by atomic mass is 19.4. The van der Waals surface area contributed by atoms with Crippen molar-refractivity contribution in [3.63, 3.8) is 0 Å². The van der Waals surface area contributed by atoms with E-state index in [2.05, 4.69) is 4.90 Å². The maximum atomic E-state index is 13.4. The fourth-order valence-electron chi connectivity index (χ4n) is 4.98. The molecule has 2 aliphatic heterocycles. The van der Waals surface area contributed by atoms with Crippen LogP contribution in [0.4, 0.5) is 13.2 Å². The van der Waals surface area contributed by atoms with Crippen LogP contribution in [-0.2, 0) is 22.1 Å². The Hall–Kier alpha value is -2.74.